The zero-order chi connectivity index (χ0) is 9.84. The van der Waals surface area contributed by atoms with Gasteiger partial charge in [-0.2, -0.15) is 0 Å². The summed E-state index contributed by atoms with van der Waals surface area (Å²) in [6, 6.07) is 0. The highest BCUT2D eigenvalue weighted by Crippen LogP contribution is 2.03. The lowest BCUT2D eigenvalue weighted by Gasteiger charge is -2.32. The van der Waals surface area contributed by atoms with Crippen LogP contribution in [0.15, 0.2) is 17.6 Å². The Hall–Kier alpha value is -1.16. The molecule has 4 nitrogen and oxygen atoms in total. The molecule has 1 aliphatic heterocycles. The zero-order valence-corrected chi connectivity index (χ0v) is 8.16. The van der Waals surface area contributed by atoms with E-state index in [0.717, 1.165) is 18.9 Å². The predicted octanol–water partition coefficient (Wildman–Crippen LogP) is -0.0253. The van der Waals surface area contributed by atoms with E-state index in [4.69, 9.17) is 0 Å². The largest absolute Gasteiger partial charge is 0.297 e. The average Bonchev–Trinajstić information content (AvgIpc) is 2.16. The second-order valence-corrected chi connectivity index (χ2v) is 3.07. The third kappa shape index (κ3) is 2.15. The summed E-state index contributed by atoms with van der Waals surface area (Å²) in [5, 5.41) is 0. The molecule has 0 bridgehead atoms. The summed E-state index contributed by atoms with van der Waals surface area (Å²) in [7, 11) is 3.72. The van der Waals surface area contributed by atoms with E-state index in [0.29, 0.717) is 6.54 Å². The maximum absolute atomic E-state index is 11.4. The molecule has 0 aromatic carbocycles. The van der Waals surface area contributed by atoms with Crippen LogP contribution in [0.1, 0.15) is 0 Å². The lowest BCUT2D eigenvalue weighted by Crippen LogP contribution is -2.50. The van der Waals surface area contributed by atoms with Crippen LogP contribution >= 0.6 is 0 Å². The van der Waals surface area contributed by atoms with Gasteiger partial charge in [0.1, 0.15) is 5.84 Å². The first-order valence-electron chi connectivity index (χ1n) is 4.27. The number of amides is 1. The SMILES string of the molecule is C=CC(=O)N1CCN(C)CC1=NC. The number of rotatable bonds is 1. The maximum atomic E-state index is 11.4. The van der Waals surface area contributed by atoms with Gasteiger partial charge in [-0.25, -0.2) is 0 Å². The van der Waals surface area contributed by atoms with Crippen molar-refractivity contribution in [3.05, 3.63) is 12.7 Å². The molecule has 0 unspecified atom stereocenters. The number of amidine groups is 1. The second kappa shape index (κ2) is 4.18. The molecule has 4 heteroatoms. The van der Waals surface area contributed by atoms with Gasteiger partial charge in [-0.3, -0.25) is 19.6 Å². The highest BCUT2D eigenvalue weighted by Gasteiger charge is 2.22. The van der Waals surface area contributed by atoms with Gasteiger partial charge in [0.15, 0.2) is 0 Å². The van der Waals surface area contributed by atoms with Gasteiger partial charge in [0.2, 0.25) is 0 Å². The fourth-order valence-electron chi connectivity index (χ4n) is 1.34. The zero-order valence-electron chi connectivity index (χ0n) is 8.16. The topological polar surface area (TPSA) is 35.9 Å². The Bertz CT molecular complexity index is 247. The molecule has 0 aliphatic carbocycles. The number of nitrogens with zero attached hydrogens (tertiary/aromatic N) is 3. The van der Waals surface area contributed by atoms with Crippen LogP contribution in [0, 0.1) is 0 Å². The quantitative estimate of drug-likeness (QED) is 0.533. The van der Waals surface area contributed by atoms with E-state index in [1.165, 1.54) is 6.08 Å². The lowest BCUT2D eigenvalue weighted by atomic mass is 10.3. The van der Waals surface area contributed by atoms with Crippen molar-refractivity contribution in [1.82, 2.24) is 9.80 Å². The van der Waals surface area contributed by atoms with Crippen molar-refractivity contribution >= 4 is 11.7 Å². The molecule has 0 radical (unpaired) electrons. The summed E-state index contributed by atoms with van der Waals surface area (Å²) in [5.41, 5.74) is 0. The lowest BCUT2D eigenvalue weighted by molar-refractivity contribution is -0.123. The molecule has 1 amide bonds. The number of hydrogen-bond donors (Lipinski definition) is 0. The Kier molecular flexibility index (Phi) is 3.19. The molecule has 13 heavy (non-hydrogen) atoms. The summed E-state index contributed by atoms with van der Waals surface area (Å²) in [6.45, 7) is 5.79. The van der Waals surface area contributed by atoms with Gasteiger partial charge in [0.25, 0.3) is 5.91 Å². The minimum atomic E-state index is -0.0614. The van der Waals surface area contributed by atoms with E-state index in [2.05, 4.69) is 16.5 Å². The van der Waals surface area contributed by atoms with Gasteiger partial charge in [-0.05, 0) is 13.1 Å². The molecule has 0 aromatic rings. The van der Waals surface area contributed by atoms with Gasteiger partial charge in [-0.1, -0.05) is 6.58 Å². The van der Waals surface area contributed by atoms with Crippen LogP contribution < -0.4 is 0 Å². The fraction of sp³-hybridized carbons (Fsp3) is 0.556. The Morgan fingerprint density at radius 1 is 1.62 bits per heavy atom. The monoisotopic (exact) mass is 181 g/mol. The third-order valence-electron chi connectivity index (χ3n) is 2.13. The van der Waals surface area contributed by atoms with Gasteiger partial charge in [-0.15, -0.1) is 0 Å². The Morgan fingerprint density at radius 3 is 2.85 bits per heavy atom. The number of piperazine rings is 1. The number of aliphatic imine (C=N–C) groups is 1. The molecule has 0 saturated carbocycles. The second-order valence-electron chi connectivity index (χ2n) is 3.07. The summed E-state index contributed by atoms with van der Waals surface area (Å²) < 4.78 is 0. The minimum Gasteiger partial charge on any atom is -0.297 e. The van der Waals surface area contributed by atoms with Crippen LogP contribution in [0.3, 0.4) is 0 Å². The van der Waals surface area contributed by atoms with E-state index >= 15 is 0 Å². The van der Waals surface area contributed by atoms with Crippen molar-refractivity contribution in [2.75, 3.05) is 33.7 Å². The van der Waals surface area contributed by atoms with Crippen LogP contribution in [0.2, 0.25) is 0 Å². The Morgan fingerprint density at radius 2 is 2.31 bits per heavy atom. The van der Waals surface area contributed by atoms with E-state index < -0.39 is 0 Å². The molecule has 1 saturated heterocycles. The molecule has 1 aliphatic rings. The van der Waals surface area contributed by atoms with Crippen LogP contribution in [0.25, 0.3) is 0 Å². The summed E-state index contributed by atoms with van der Waals surface area (Å²) in [6.07, 6.45) is 1.33. The van der Waals surface area contributed by atoms with Crippen molar-refractivity contribution in [2.24, 2.45) is 4.99 Å². The Balaban J connectivity index is 2.74. The van der Waals surface area contributed by atoms with Crippen molar-refractivity contribution in [2.45, 2.75) is 0 Å². The van der Waals surface area contributed by atoms with Crippen LogP contribution in [-0.2, 0) is 4.79 Å². The molecule has 72 valence electrons. The molecule has 0 aromatic heterocycles. The van der Waals surface area contributed by atoms with E-state index in [-0.39, 0.29) is 5.91 Å². The van der Waals surface area contributed by atoms with E-state index in [1.807, 2.05) is 7.05 Å². The molecule has 0 N–H and O–H groups in total. The first-order chi connectivity index (χ1) is 6.19. The summed E-state index contributed by atoms with van der Waals surface area (Å²) in [5.74, 6) is 0.757. The van der Waals surface area contributed by atoms with Crippen molar-refractivity contribution < 1.29 is 4.79 Å². The average molecular weight is 181 g/mol. The van der Waals surface area contributed by atoms with E-state index in [1.54, 1.807) is 11.9 Å². The number of carbonyl (C=O) groups excluding carboxylic acids is 1. The normalized spacial score (nSPS) is 22.0. The van der Waals surface area contributed by atoms with Gasteiger partial charge >= 0.3 is 0 Å². The fourth-order valence-corrected chi connectivity index (χ4v) is 1.34. The standard InChI is InChI=1S/C9H15N3O/c1-4-9(13)12-6-5-11(3)7-8(12)10-2/h4H,1,5-7H2,2-3H3. The molecule has 1 heterocycles. The van der Waals surface area contributed by atoms with Crippen molar-refractivity contribution in [3.63, 3.8) is 0 Å². The van der Waals surface area contributed by atoms with Gasteiger partial charge in [0, 0.05) is 20.1 Å². The predicted molar refractivity (Wildman–Crippen MR) is 52.8 cm³/mol. The number of likely N-dealkylation sites (N-methyl/N-ethyl adjacent to an activating group) is 1. The van der Waals surface area contributed by atoms with Crippen molar-refractivity contribution in [1.29, 1.82) is 0 Å². The maximum Gasteiger partial charge on any atom is 0.251 e. The summed E-state index contributed by atoms with van der Waals surface area (Å²) >= 11 is 0. The molecular weight excluding hydrogens is 166 g/mol. The van der Waals surface area contributed by atoms with Crippen LogP contribution in [0.5, 0.6) is 0 Å². The smallest absolute Gasteiger partial charge is 0.251 e. The van der Waals surface area contributed by atoms with Crippen LogP contribution in [-0.4, -0.2) is 55.3 Å². The molecule has 1 fully saturated rings. The first-order valence-corrected chi connectivity index (χ1v) is 4.27. The van der Waals surface area contributed by atoms with Crippen LogP contribution in [0.4, 0.5) is 0 Å². The van der Waals surface area contributed by atoms with Gasteiger partial charge in [0.05, 0.1) is 6.54 Å². The highest BCUT2D eigenvalue weighted by molar-refractivity contribution is 6.03. The van der Waals surface area contributed by atoms with Gasteiger partial charge < -0.3 is 0 Å². The highest BCUT2D eigenvalue weighted by atomic mass is 16.2. The third-order valence-corrected chi connectivity index (χ3v) is 2.13. The number of hydrogen-bond acceptors (Lipinski definition) is 3. The van der Waals surface area contributed by atoms with E-state index in [9.17, 15) is 4.79 Å². The first kappa shape index (κ1) is 9.92. The molecule has 0 atom stereocenters. The molecular formula is C9H15N3O. The van der Waals surface area contributed by atoms with Crippen molar-refractivity contribution in [3.8, 4) is 0 Å². The summed E-state index contributed by atoms with van der Waals surface area (Å²) in [4.78, 5) is 19.2. The Labute approximate surface area is 78.5 Å². The minimum absolute atomic E-state index is 0.0614. The molecule has 1 rings (SSSR count). The number of carbonyl (C=O) groups is 1. The molecule has 0 spiro atoms.